The summed E-state index contributed by atoms with van der Waals surface area (Å²) in [6, 6.07) is 5.23. The largest absolute Gasteiger partial charge is 0.449 e. The van der Waals surface area contributed by atoms with E-state index in [-0.39, 0.29) is 17.7 Å². The number of rotatable bonds is 7. The lowest BCUT2D eigenvalue weighted by Gasteiger charge is -2.31. The highest BCUT2D eigenvalue weighted by molar-refractivity contribution is 6.12. The van der Waals surface area contributed by atoms with Gasteiger partial charge in [0, 0.05) is 18.5 Å². The molecular weight excluding hydrogens is 452 g/mol. The van der Waals surface area contributed by atoms with Crippen LogP contribution in [0, 0.1) is 6.92 Å². The van der Waals surface area contributed by atoms with Gasteiger partial charge in [-0.05, 0) is 56.5 Å². The van der Waals surface area contributed by atoms with E-state index in [1.807, 2.05) is 0 Å². The van der Waals surface area contributed by atoms with Crippen LogP contribution < -0.4 is 10.1 Å². The third-order valence-electron chi connectivity index (χ3n) is 6.36. The van der Waals surface area contributed by atoms with Crippen molar-refractivity contribution in [1.82, 2.24) is 20.0 Å². The standard InChI is InChI=1S/C22H26BF3N4O4/c1-12-14(4-3-5-17(12)34-22(23,32)33)20-15(27-2)8-9-29(20)19(31)11-30-18(21(24,25)26)10-16(28-30)13-6-7-13/h3-5,10,13,15,20,27,32-33H,6-9,11H2,1-2H3. The van der Waals surface area contributed by atoms with E-state index >= 15 is 0 Å². The van der Waals surface area contributed by atoms with Crippen LogP contribution in [-0.4, -0.2) is 64.2 Å². The van der Waals surface area contributed by atoms with Crippen molar-refractivity contribution >= 4 is 13.8 Å². The average Bonchev–Trinajstić information content (AvgIpc) is 3.34. The van der Waals surface area contributed by atoms with E-state index in [9.17, 15) is 28.2 Å². The molecule has 182 valence electrons. The van der Waals surface area contributed by atoms with Gasteiger partial charge >= 0.3 is 6.18 Å². The van der Waals surface area contributed by atoms with Crippen LogP contribution in [0.1, 0.15) is 53.7 Å². The maximum Gasteiger partial charge on any atom is 0.433 e. The van der Waals surface area contributed by atoms with E-state index in [1.54, 1.807) is 26.1 Å². The zero-order chi connectivity index (χ0) is 24.8. The number of carbonyl (C=O) groups excluding carboxylic acids is 1. The first kappa shape index (κ1) is 24.6. The number of likely N-dealkylation sites (tertiary alicyclic amines) is 1. The molecule has 0 bridgehead atoms. The molecule has 1 saturated heterocycles. The number of likely N-dealkylation sites (N-methyl/N-ethyl adjacent to an activating group) is 1. The molecule has 4 rings (SSSR count). The maximum atomic E-state index is 13.6. The monoisotopic (exact) mass is 478 g/mol. The zero-order valence-electron chi connectivity index (χ0n) is 18.8. The number of amides is 1. The summed E-state index contributed by atoms with van der Waals surface area (Å²) >= 11 is 0. The number of benzene rings is 1. The number of nitrogens with one attached hydrogen (secondary N) is 1. The van der Waals surface area contributed by atoms with Crippen LogP contribution >= 0.6 is 0 Å². The minimum absolute atomic E-state index is 0.0174. The molecule has 1 saturated carbocycles. The Hall–Kier alpha value is -2.57. The van der Waals surface area contributed by atoms with Crippen LogP contribution in [0.5, 0.6) is 5.75 Å². The van der Waals surface area contributed by atoms with E-state index in [0.29, 0.717) is 29.8 Å². The number of ether oxygens (including phenoxy) is 1. The summed E-state index contributed by atoms with van der Waals surface area (Å²) in [5, 5.41) is 26.1. The van der Waals surface area contributed by atoms with Gasteiger partial charge in [0.25, 0.3) is 5.87 Å². The molecule has 1 aromatic heterocycles. The first-order chi connectivity index (χ1) is 15.9. The van der Waals surface area contributed by atoms with Crippen molar-refractivity contribution in [3.63, 3.8) is 0 Å². The second kappa shape index (κ2) is 8.90. The SMILES string of the molecule is [B]C(O)(O)Oc1cccc(C2C(NC)CCN2C(=O)Cn2nc(C3CC3)cc2C(F)(F)F)c1C. The molecule has 2 atom stereocenters. The van der Waals surface area contributed by atoms with Crippen molar-refractivity contribution in [2.24, 2.45) is 0 Å². The average molecular weight is 478 g/mol. The van der Waals surface area contributed by atoms with Gasteiger partial charge in [0.1, 0.15) is 18.0 Å². The van der Waals surface area contributed by atoms with Gasteiger partial charge in [0.05, 0.1) is 11.7 Å². The van der Waals surface area contributed by atoms with Crippen LogP contribution in [0.3, 0.4) is 0 Å². The molecule has 12 heteroatoms. The van der Waals surface area contributed by atoms with Crippen LogP contribution in [0.25, 0.3) is 0 Å². The van der Waals surface area contributed by atoms with E-state index in [1.165, 1.54) is 11.0 Å². The third kappa shape index (κ3) is 5.08. The van der Waals surface area contributed by atoms with E-state index in [0.717, 1.165) is 23.6 Å². The minimum atomic E-state index is -4.62. The highest BCUT2D eigenvalue weighted by atomic mass is 19.4. The zero-order valence-corrected chi connectivity index (χ0v) is 18.8. The number of hydrogen-bond acceptors (Lipinski definition) is 6. The molecule has 2 unspecified atom stereocenters. The Balaban J connectivity index is 1.63. The lowest BCUT2D eigenvalue weighted by Crippen LogP contribution is -2.40. The molecule has 8 nitrogen and oxygen atoms in total. The maximum absolute atomic E-state index is 13.6. The van der Waals surface area contributed by atoms with Crippen LogP contribution in [0.15, 0.2) is 24.3 Å². The lowest BCUT2D eigenvalue weighted by molar-refractivity contribution is -0.223. The summed E-state index contributed by atoms with van der Waals surface area (Å²) in [4.78, 5) is 14.8. The van der Waals surface area contributed by atoms with Crippen molar-refractivity contribution in [2.75, 3.05) is 13.6 Å². The summed E-state index contributed by atoms with van der Waals surface area (Å²) in [6.07, 6.45) is -2.45. The number of halogens is 3. The number of nitrogens with zero attached hydrogens (tertiary/aromatic N) is 3. The molecule has 1 aliphatic heterocycles. The predicted octanol–water partition coefficient (Wildman–Crippen LogP) is 1.79. The van der Waals surface area contributed by atoms with Crippen molar-refractivity contribution in [2.45, 2.75) is 62.8 Å². The molecule has 1 amide bonds. The Bertz CT molecular complexity index is 1070. The van der Waals surface area contributed by atoms with Gasteiger partial charge in [-0.15, -0.1) is 0 Å². The van der Waals surface area contributed by atoms with E-state index in [2.05, 4.69) is 10.4 Å². The third-order valence-corrected chi connectivity index (χ3v) is 6.36. The second-order valence-electron chi connectivity index (χ2n) is 8.83. The number of aliphatic hydroxyl groups is 2. The molecule has 0 spiro atoms. The van der Waals surface area contributed by atoms with Crippen molar-refractivity contribution < 1.29 is 32.9 Å². The second-order valence-corrected chi connectivity index (χ2v) is 8.83. The molecule has 3 N–H and O–H groups in total. The normalized spacial score (nSPS) is 21.2. The first-order valence-corrected chi connectivity index (χ1v) is 11.0. The van der Waals surface area contributed by atoms with Gasteiger partial charge in [-0.25, -0.2) is 0 Å². The Labute approximate surface area is 196 Å². The highest BCUT2D eigenvalue weighted by Gasteiger charge is 2.42. The molecule has 2 aromatic rings. The predicted molar refractivity (Wildman–Crippen MR) is 116 cm³/mol. The number of aromatic nitrogens is 2. The summed E-state index contributed by atoms with van der Waals surface area (Å²) in [7, 11) is 6.88. The van der Waals surface area contributed by atoms with Gasteiger partial charge in [-0.2, -0.15) is 18.3 Å². The van der Waals surface area contributed by atoms with Crippen LogP contribution in [0.2, 0.25) is 0 Å². The van der Waals surface area contributed by atoms with Gasteiger partial charge in [-0.3, -0.25) is 9.48 Å². The van der Waals surface area contributed by atoms with Gasteiger partial charge in [0.2, 0.25) is 13.8 Å². The lowest BCUT2D eigenvalue weighted by atomic mass is 9.95. The summed E-state index contributed by atoms with van der Waals surface area (Å²) < 4.78 is 46.6. The van der Waals surface area contributed by atoms with Crippen LogP contribution in [-0.2, 0) is 17.5 Å². The molecule has 2 heterocycles. The molecule has 1 aromatic carbocycles. The van der Waals surface area contributed by atoms with Crippen LogP contribution in [0.4, 0.5) is 13.2 Å². The summed E-state index contributed by atoms with van der Waals surface area (Å²) in [6.45, 7) is 1.47. The fourth-order valence-corrected chi connectivity index (χ4v) is 4.57. The molecule has 2 fully saturated rings. The van der Waals surface area contributed by atoms with Gasteiger partial charge in [-0.1, -0.05) is 12.1 Å². The Morgan fingerprint density at radius 1 is 1.29 bits per heavy atom. The quantitative estimate of drug-likeness (QED) is 0.415. The highest BCUT2D eigenvalue weighted by Crippen LogP contribution is 2.42. The summed E-state index contributed by atoms with van der Waals surface area (Å²) in [5.41, 5.74) is 0.615. The Morgan fingerprint density at radius 2 is 2.00 bits per heavy atom. The topological polar surface area (TPSA) is 99.9 Å². The van der Waals surface area contributed by atoms with Crippen molar-refractivity contribution in [3.8, 4) is 5.75 Å². The van der Waals surface area contributed by atoms with Crippen molar-refractivity contribution in [1.29, 1.82) is 0 Å². The first-order valence-electron chi connectivity index (χ1n) is 11.0. The molecule has 1 aliphatic carbocycles. The van der Waals surface area contributed by atoms with Crippen molar-refractivity contribution in [3.05, 3.63) is 46.8 Å². The molecule has 2 aliphatic rings. The number of hydrogen-bond donors (Lipinski definition) is 3. The van der Waals surface area contributed by atoms with E-state index < -0.39 is 36.2 Å². The smallest absolute Gasteiger partial charge is 0.433 e. The number of carbonyl (C=O) groups is 1. The van der Waals surface area contributed by atoms with E-state index in [4.69, 9.17) is 12.6 Å². The fraction of sp³-hybridized carbons (Fsp3) is 0.545. The fourth-order valence-electron chi connectivity index (χ4n) is 4.57. The Morgan fingerprint density at radius 3 is 2.59 bits per heavy atom. The summed E-state index contributed by atoms with van der Waals surface area (Å²) in [5.74, 6) is -3.25. The molecule has 34 heavy (non-hydrogen) atoms. The molecule has 2 radical (unpaired) electrons. The minimum Gasteiger partial charge on any atom is -0.449 e. The number of alkyl halides is 3. The van der Waals surface area contributed by atoms with Gasteiger partial charge in [0.15, 0.2) is 0 Å². The Kier molecular flexibility index (Phi) is 6.43. The molecular formula is C22H26BF3N4O4. The van der Waals surface area contributed by atoms with Gasteiger partial charge < -0.3 is 25.2 Å².